The molecule has 2 atom stereocenters. The number of aromatic nitrogens is 1. The molecule has 5 nitrogen and oxygen atoms in total. The fourth-order valence-corrected chi connectivity index (χ4v) is 4.72. The predicted octanol–water partition coefficient (Wildman–Crippen LogP) is 4.71. The molecule has 1 amide bonds. The zero-order valence-corrected chi connectivity index (χ0v) is 18.2. The van der Waals surface area contributed by atoms with Crippen molar-refractivity contribution < 1.29 is 14.3 Å². The van der Waals surface area contributed by atoms with Gasteiger partial charge in [-0.05, 0) is 49.1 Å². The Labute approximate surface area is 183 Å². The molecule has 1 aromatic heterocycles. The van der Waals surface area contributed by atoms with Crippen LogP contribution in [-0.2, 0) is 0 Å². The highest BCUT2D eigenvalue weighted by Gasteiger charge is 2.27. The van der Waals surface area contributed by atoms with Gasteiger partial charge >= 0.3 is 0 Å². The zero-order chi connectivity index (χ0) is 20.0. The van der Waals surface area contributed by atoms with Gasteiger partial charge in [-0.15, -0.1) is 12.4 Å². The highest BCUT2D eigenvalue weighted by Crippen LogP contribution is 2.36. The van der Waals surface area contributed by atoms with Crippen LogP contribution in [0.15, 0.2) is 30.5 Å². The molecular weight excluding hydrogens is 436 g/mol. The zero-order valence-electron chi connectivity index (χ0n) is 15.8. The van der Waals surface area contributed by atoms with Gasteiger partial charge in [0.1, 0.15) is 0 Å². The number of hydrogen-bond acceptors (Lipinski definition) is 5. The molecule has 4 rings (SSSR count). The lowest BCUT2D eigenvalue weighted by Crippen LogP contribution is -2.55. The molecule has 0 spiro atoms. The Kier molecular flexibility index (Phi) is 6.33. The maximum absolute atomic E-state index is 13.9. The second-order valence-electron chi connectivity index (χ2n) is 7.23. The first-order valence-electron chi connectivity index (χ1n) is 8.95. The van der Waals surface area contributed by atoms with Gasteiger partial charge in [0.25, 0.3) is 5.91 Å². The molecule has 0 saturated carbocycles. The molecule has 2 heterocycles. The van der Waals surface area contributed by atoms with Crippen LogP contribution in [0.4, 0.5) is 4.39 Å². The van der Waals surface area contributed by atoms with Gasteiger partial charge in [0.15, 0.2) is 11.6 Å². The third-order valence-corrected chi connectivity index (χ3v) is 6.04. The average Bonchev–Trinajstić information content (AvgIpc) is 3.11. The molecule has 0 radical (unpaired) electrons. The number of carbonyl (C=O) groups excluding carboxylic acids is 1. The van der Waals surface area contributed by atoms with E-state index >= 15 is 0 Å². The summed E-state index contributed by atoms with van der Waals surface area (Å²) in [5.74, 6) is -1.35. The van der Waals surface area contributed by atoms with Crippen molar-refractivity contribution in [3.63, 3.8) is 0 Å². The van der Waals surface area contributed by atoms with Crippen LogP contribution < -0.4 is 5.32 Å². The second kappa shape index (κ2) is 8.44. The summed E-state index contributed by atoms with van der Waals surface area (Å²) >= 11 is 7.50. The number of aromatic hydroxyl groups is 1. The van der Waals surface area contributed by atoms with Crippen molar-refractivity contribution in [2.45, 2.75) is 25.9 Å². The normalized spacial score (nSPS) is 19.2. The second-order valence-corrected chi connectivity index (χ2v) is 8.44. The molecule has 2 N–H and O–H groups in total. The number of phenols is 1. The van der Waals surface area contributed by atoms with Crippen LogP contribution >= 0.6 is 35.5 Å². The number of phenolic OH excluding ortho intramolecular Hbond substituents is 1. The van der Waals surface area contributed by atoms with E-state index in [9.17, 15) is 14.3 Å². The van der Waals surface area contributed by atoms with Gasteiger partial charge in [0.05, 0.1) is 15.3 Å². The smallest absolute Gasteiger partial charge is 0.255 e. The highest BCUT2D eigenvalue weighted by atomic mass is 35.5. The van der Waals surface area contributed by atoms with E-state index in [0.29, 0.717) is 29.8 Å². The van der Waals surface area contributed by atoms with Gasteiger partial charge in [0, 0.05) is 48.4 Å². The minimum absolute atomic E-state index is 0. The molecule has 0 unspecified atom stereocenters. The van der Waals surface area contributed by atoms with E-state index in [1.807, 2.05) is 24.8 Å². The maximum atomic E-state index is 13.9. The summed E-state index contributed by atoms with van der Waals surface area (Å²) in [6.07, 6.45) is 1.69. The number of piperazine rings is 1. The van der Waals surface area contributed by atoms with E-state index in [1.54, 1.807) is 12.3 Å². The Morgan fingerprint density at radius 2 is 1.97 bits per heavy atom. The lowest BCUT2D eigenvalue weighted by atomic mass is 9.99. The summed E-state index contributed by atoms with van der Waals surface area (Å²) in [6.45, 7) is 5.33. The number of rotatable bonds is 2. The Bertz CT molecular complexity index is 1070. The fraction of sp³-hybridized carbons (Fsp3) is 0.300. The van der Waals surface area contributed by atoms with E-state index in [4.69, 9.17) is 11.6 Å². The van der Waals surface area contributed by atoms with Crippen molar-refractivity contribution >= 4 is 51.5 Å². The minimum atomic E-state index is -0.763. The molecule has 29 heavy (non-hydrogen) atoms. The lowest BCUT2D eigenvalue weighted by molar-refractivity contribution is 0.0676. The van der Waals surface area contributed by atoms with Gasteiger partial charge in [0.2, 0.25) is 0 Å². The third-order valence-electron chi connectivity index (χ3n) is 4.88. The SMILES string of the molecule is C[C@@H]1CN(C(=O)c2cc(-c3cc(F)c(O)cc3Cl)cc3cnsc23)C[C@H](C)N1.Cl. The topological polar surface area (TPSA) is 65.5 Å². The van der Waals surface area contributed by atoms with Gasteiger partial charge in [-0.1, -0.05) is 11.6 Å². The van der Waals surface area contributed by atoms with Crippen LogP contribution in [0.2, 0.25) is 5.02 Å². The molecule has 0 aliphatic carbocycles. The molecule has 3 aromatic rings. The molecule has 9 heteroatoms. The van der Waals surface area contributed by atoms with E-state index in [1.165, 1.54) is 23.7 Å². The van der Waals surface area contributed by atoms with Crippen molar-refractivity contribution in [1.29, 1.82) is 0 Å². The molecule has 1 fully saturated rings. The average molecular weight is 456 g/mol. The molecule has 1 aliphatic heterocycles. The molecule has 154 valence electrons. The van der Waals surface area contributed by atoms with E-state index in [-0.39, 0.29) is 35.4 Å². The first-order chi connectivity index (χ1) is 13.3. The molecule has 2 aromatic carbocycles. The third kappa shape index (κ3) is 4.19. The van der Waals surface area contributed by atoms with Crippen LogP contribution in [0.25, 0.3) is 21.2 Å². The van der Waals surface area contributed by atoms with E-state index in [2.05, 4.69) is 9.69 Å². The van der Waals surface area contributed by atoms with Crippen molar-refractivity contribution in [3.8, 4) is 16.9 Å². The number of hydrogen-bond donors (Lipinski definition) is 2. The van der Waals surface area contributed by atoms with Gasteiger partial charge < -0.3 is 15.3 Å². The summed E-state index contributed by atoms with van der Waals surface area (Å²) in [6, 6.07) is 6.32. The Balaban J connectivity index is 0.00000240. The van der Waals surface area contributed by atoms with Crippen molar-refractivity contribution in [2.75, 3.05) is 13.1 Å². The quantitative estimate of drug-likeness (QED) is 0.587. The number of benzene rings is 2. The summed E-state index contributed by atoms with van der Waals surface area (Å²) in [5, 5.41) is 14.0. The Morgan fingerprint density at radius 3 is 2.66 bits per heavy atom. The maximum Gasteiger partial charge on any atom is 0.255 e. The van der Waals surface area contributed by atoms with Crippen molar-refractivity contribution in [3.05, 3.63) is 46.9 Å². The summed E-state index contributed by atoms with van der Waals surface area (Å²) in [7, 11) is 0. The van der Waals surface area contributed by atoms with Crippen LogP contribution in [0.3, 0.4) is 0 Å². The molecule has 1 aliphatic rings. The fourth-order valence-electron chi connectivity index (χ4n) is 3.72. The van der Waals surface area contributed by atoms with Crippen LogP contribution in [-0.4, -0.2) is 45.5 Å². The van der Waals surface area contributed by atoms with Crippen LogP contribution in [0, 0.1) is 5.82 Å². The first kappa shape index (κ1) is 21.8. The van der Waals surface area contributed by atoms with Gasteiger partial charge in [-0.2, -0.15) is 4.37 Å². The van der Waals surface area contributed by atoms with Crippen molar-refractivity contribution in [1.82, 2.24) is 14.6 Å². The predicted molar refractivity (Wildman–Crippen MR) is 117 cm³/mol. The molecular formula is C20H20Cl2FN3O2S. The van der Waals surface area contributed by atoms with Crippen LogP contribution in [0.1, 0.15) is 24.2 Å². The van der Waals surface area contributed by atoms with Gasteiger partial charge in [-0.3, -0.25) is 4.79 Å². The number of halogens is 3. The van der Waals surface area contributed by atoms with Crippen LogP contribution in [0.5, 0.6) is 5.75 Å². The minimum Gasteiger partial charge on any atom is -0.505 e. The Morgan fingerprint density at radius 1 is 1.28 bits per heavy atom. The number of nitrogens with zero attached hydrogens (tertiary/aromatic N) is 2. The Hall–Kier alpha value is -1.93. The van der Waals surface area contributed by atoms with E-state index in [0.717, 1.165) is 10.1 Å². The summed E-state index contributed by atoms with van der Waals surface area (Å²) in [5.41, 5.74) is 1.55. The molecule has 1 saturated heterocycles. The number of fused-ring (bicyclic) bond motifs is 1. The standard InChI is InChI=1S/C20H19ClFN3O2S.ClH/c1-10-8-25(9-11(2)24-10)20(27)15-4-12(3-13-7-23-28-19(13)15)14-5-17(22)18(26)6-16(14)21;/h3-7,10-11,24,26H,8-9H2,1-2H3;1H/t10-,11+;. The number of carbonyl (C=O) groups is 1. The monoisotopic (exact) mass is 455 g/mol. The first-order valence-corrected chi connectivity index (χ1v) is 10.1. The number of nitrogens with one attached hydrogen (secondary N) is 1. The largest absolute Gasteiger partial charge is 0.505 e. The lowest BCUT2D eigenvalue weighted by Gasteiger charge is -2.36. The van der Waals surface area contributed by atoms with Gasteiger partial charge in [-0.25, -0.2) is 4.39 Å². The highest BCUT2D eigenvalue weighted by molar-refractivity contribution is 7.13. The van der Waals surface area contributed by atoms with Crippen molar-refractivity contribution in [2.24, 2.45) is 0 Å². The molecule has 0 bridgehead atoms. The van der Waals surface area contributed by atoms with E-state index < -0.39 is 11.6 Å². The number of amides is 1. The summed E-state index contributed by atoms with van der Waals surface area (Å²) in [4.78, 5) is 15.2. The summed E-state index contributed by atoms with van der Waals surface area (Å²) < 4.78 is 18.9.